The monoisotopic (exact) mass is 568 g/mol. The normalized spacial score (nSPS) is 13.5. The second-order valence-electron chi connectivity index (χ2n) is 11.4. The number of allylic oxidation sites excluding steroid dienone is 4. The fraction of sp³-hybridized carbons (Fsp3) is 0.781. The highest BCUT2D eigenvalue weighted by molar-refractivity contribution is 5.72. The van der Waals surface area contributed by atoms with Crippen molar-refractivity contribution in [1.29, 1.82) is 0 Å². The van der Waals surface area contributed by atoms with Crippen molar-refractivity contribution in [3.05, 3.63) is 24.3 Å². The number of esters is 2. The lowest BCUT2D eigenvalue weighted by atomic mass is 10.1. The molecule has 0 aromatic carbocycles. The molecule has 0 aliphatic carbocycles. The lowest BCUT2D eigenvalue weighted by Gasteiger charge is -2.31. The van der Waals surface area contributed by atoms with Crippen LogP contribution in [0.25, 0.3) is 0 Å². The molecule has 0 saturated heterocycles. The highest BCUT2D eigenvalue weighted by atomic mass is 16.6. The molecule has 2 atom stereocenters. The third-order valence-electron chi connectivity index (χ3n) is 6.66. The van der Waals surface area contributed by atoms with Gasteiger partial charge in [-0.3, -0.25) is 9.59 Å². The third-order valence-corrected chi connectivity index (χ3v) is 6.66. The van der Waals surface area contributed by atoms with Crippen molar-refractivity contribution in [2.75, 3.05) is 41.0 Å². The Morgan fingerprint density at radius 3 is 1.93 bits per heavy atom. The van der Waals surface area contributed by atoms with Crippen molar-refractivity contribution in [3.63, 3.8) is 0 Å². The molecule has 0 heterocycles. The Bertz CT molecular complexity index is 727. The average Bonchev–Trinajstić information content (AvgIpc) is 2.87. The second-order valence-corrected chi connectivity index (χ2v) is 11.4. The number of likely N-dealkylation sites (N-methyl/N-ethyl adjacent to an activating group) is 1. The van der Waals surface area contributed by atoms with Gasteiger partial charge in [0.1, 0.15) is 6.61 Å². The van der Waals surface area contributed by atoms with Gasteiger partial charge in [0, 0.05) is 19.8 Å². The number of quaternary nitrogens is 1. The average molecular weight is 569 g/mol. The summed E-state index contributed by atoms with van der Waals surface area (Å²) in [5, 5.41) is 9.42. The fourth-order valence-electron chi connectivity index (χ4n) is 4.26. The Labute approximate surface area is 243 Å². The van der Waals surface area contributed by atoms with Gasteiger partial charge < -0.3 is 23.8 Å². The molecule has 8 nitrogen and oxygen atoms in total. The molecule has 0 bridgehead atoms. The molecule has 0 amide bonds. The number of unbranched alkanes of at least 4 members (excludes halogenated alkanes) is 10. The van der Waals surface area contributed by atoms with Crippen LogP contribution < -0.4 is 0 Å². The number of carbonyl (C=O) groups is 3. The van der Waals surface area contributed by atoms with E-state index in [-0.39, 0.29) is 30.3 Å². The summed E-state index contributed by atoms with van der Waals surface area (Å²) in [6.45, 7) is 3.70. The molecule has 2 unspecified atom stereocenters. The molecule has 0 aromatic rings. The Morgan fingerprint density at radius 1 is 0.800 bits per heavy atom. The summed E-state index contributed by atoms with van der Waals surface area (Å²) in [5.74, 6) is -1.68. The number of hydrogen-bond acceptors (Lipinski definition) is 6. The molecule has 0 fully saturated rings. The first-order valence-corrected chi connectivity index (χ1v) is 15.3. The zero-order valence-electron chi connectivity index (χ0n) is 26.0. The number of carboxylic acid groups (broad SMARTS) is 1. The van der Waals surface area contributed by atoms with Crippen LogP contribution >= 0.6 is 0 Å². The molecule has 0 radical (unpaired) electrons. The van der Waals surface area contributed by atoms with Crippen molar-refractivity contribution in [2.24, 2.45) is 0 Å². The van der Waals surface area contributed by atoms with Crippen LogP contribution in [0, 0.1) is 0 Å². The zero-order valence-corrected chi connectivity index (χ0v) is 26.0. The van der Waals surface area contributed by atoms with E-state index in [9.17, 15) is 19.5 Å². The number of aliphatic carboxylic acids is 1. The molecule has 232 valence electrons. The number of carboxylic acids is 1. The van der Waals surface area contributed by atoms with Crippen molar-refractivity contribution >= 4 is 17.9 Å². The number of nitrogens with zero attached hydrogens (tertiary/aromatic N) is 1. The van der Waals surface area contributed by atoms with Crippen molar-refractivity contribution in [2.45, 2.75) is 122 Å². The van der Waals surface area contributed by atoms with E-state index in [2.05, 4.69) is 31.2 Å². The van der Waals surface area contributed by atoms with Crippen LogP contribution in [0.5, 0.6) is 0 Å². The summed E-state index contributed by atoms with van der Waals surface area (Å²) < 4.78 is 16.4. The van der Waals surface area contributed by atoms with Crippen LogP contribution in [-0.4, -0.2) is 80.6 Å². The van der Waals surface area contributed by atoms with E-state index in [0.717, 1.165) is 32.1 Å². The van der Waals surface area contributed by atoms with Crippen molar-refractivity contribution in [1.82, 2.24) is 0 Å². The van der Waals surface area contributed by atoms with Crippen LogP contribution in [0.2, 0.25) is 0 Å². The number of rotatable bonds is 26. The molecule has 0 spiro atoms. The zero-order chi connectivity index (χ0) is 30.1. The smallest absolute Gasteiger partial charge is 0.362 e. The fourth-order valence-corrected chi connectivity index (χ4v) is 4.26. The maximum Gasteiger partial charge on any atom is 0.362 e. The summed E-state index contributed by atoms with van der Waals surface area (Å²) in [4.78, 5) is 35.0. The van der Waals surface area contributed by atoms with Gasteiger partial charge in [0.2, 0.25) is 0 Å². The summed E-state index contributed by atoms with van der Waals surface area (Å²) >= 11 is 0. The van der Waals surface area contributed by atoms with Gasteiger partial charge in [-0.25, -0.2) is 4.79 Å². The van der Waals surface area contributed by atoms with Crippen LogP contribution in [0.4, 0.5) is 0 Å². The minimum Gasteiger partial charge on any atom is -0.477 e. The van der Waals surface area contributed by atoms with E-state index in [1.807, 2.05) is 21.1 Å². The topological polar surface area (TPSA) is 99.1 Å². The van der Waals surface area contributed by atoms with Gasteiger partial charge in [-0.1, -0.05) is 76.2 Å². The van der Waals surface area contributed by atoms with Crippen molar-refractivity contribution in [3.8, 4) is 0 Å². The van der Waals surface area contributed by atoms with E-state index in [0.29, 0.717) is 12.8 Å². The van der Waals surface area contributed by atoms with E-state index in [1.165, 1.54) is 58.3 Å². The number of carbonyl (C=O) groups excluding carboxylic acids is 2. The van der Waals surface area contributed by atoms with Gasteiger partial charge in [0.25, 0.3) is 0 Å². The summed E-state index contributed by atoms with van der Waals surface area (Å²) in [6, 6.07) is -0.608. The minimum absolute atomic E-state index is 0.0490. The van der Waals surface area contributed by atoms with E-state index in [4.69, 9.17) is 14.2 Å². The minimum atomic E-state index is -0.886. The molecular weight excluding hydrogens is 510 g/mol. The molecule has 0 aliphatic rings. The first-order chi connectivity index (χ1) is 19.1. The molecule has 1 N–H and O–H groups in total. The van der Waals surface area contributed by atoms with Crippen LogP contribution in [0.15, 0.2) is 24.3 Å². The molecule has 0 saturated carbocycles. The van der Waals surface area contributed by atoms with Gasteiger partial charge >= 0.3 is 17.9 Å². The third kappa shape index (κ3) is 23.7. The number of hydrogen-bond donors (Lipinski definition) is 1. The quantitative estimate of drug-likeness (QED) is 0.0542. The van der Waals surface area contributed by atoms with Gasteiger partial charge in [-0.2, -0.15) is 0 Å². The Balaban J connectivity index is 3.99. The standard InChI is InChI=1S/C32H57NO7/c1-6-7-8-9-10-11-12-13-14-15-16-17-18-19-20-21-22-23-31(35)40-29(27-39-28(2)34)26-38-25-24-30(32(36)37)33(3,4)5/h10-11,13-14,29-30H,6-9,12,15-27H2,1-5H3/p+1/b11-10-,14-13-. The van der Waals surface area contributed by atoms with E-state index in [1.54, 1.807) is 0 Å². The first kappa shape index (κ1) is 37.8. The Morgan fingerprint density at radius 2 is 1.38 bits per heavy atom. The van der Waals surface area contributed by atoms with Crippen LogP contribution in [0.1, 0.15) is 110 Å². The lowest BCUT2D eigenvalue weighted by molar-refractivity contribution is -0.887. The molecule has 8 heteroatoms. The summed E-state index contributed by atoms with van der Waals surface area (Å²) in [7, 11) is 5.46. The van der Waals surface area contributed by atoms with Crippen LogP contribution in [-0.2, 0) is 28.6 Å². The van der Waals surface area contributed by atoms with Gasteiger partial charge in [-0.15, -0.1) is 0 Å². The van der Waals surface area contributed by atoms with Gasteiger partial charge in [0.05, 0.1) is 34.4 Å². The first-order valence-electron chi connectivity index (χ1n) is 15.3. The Hall–Kier alpha value is -2.19. The van der Waals surface area contributed by atoms with E-state index < -0.39 is 24.1 Å². The summed E-state index contributed by atoms with van der Waals surface area (Å²) in [5.41, 5.74) is 0. The summed E-state index contributed by atoms with van der Waals surface area (Å²) in [6.07, 6.45) is 24.0. The maximum absolute atomic E-state index is 12.3. The van der Waals surface area contributed by atoms with Crippen LogP contribution in [0.3, 0.4) is 0 Å². The molecule has 40 heavy (non-hydrogen) atoms. The van der Waals surface area contributed by atoms with Crippen molar-refractivity contribution < 1.29 is 38.2 Å². The van der Waals surface area contributed by atoms with E-state index >= 15 is 0 Å². The van der Waals surface area contributed by atoms with Gasteiger partial charge in [-0.05, 0) is 38.5 Å². The molecular formula is C32H58NO7+. The Kier molecular flexibility index (Phi) is 23.2. The predicted octanol–water partition coefficient (Wildman–Crippen LogP) is 6.62. The predicted molar refractivity (Wildman–Crippen MR) is 160 cm³/mol. The maximum atomic E-state index is 12.3. The largest absolute Gasteiger partial charge is 0.477 e. The number of ether oxygens (including phenoxy) is 3. The van der Waals surface area contributed by atoms with Gasteiger partial charge in [0.15, 0.2) is 12.1 Å². The molecule has 0 aliphatic heterocycles. The second kappa shape index (κ2) is 24.6. The highest BCUT2D eigenvalue weighted by Crippen LogP contribution is 2.12. The molecule has 0 rings (SSSR count). The highest BCUT2D eigenvalue weighted by Gasteiger charge is 2.31. The molecule has 0 aromatic heterocycles. The lowest BCUT2D eigenvalue weighted by Crippen LogP contribution is -2.50. The SMILES string of the molecule is CCCCC/C=C\C/C=C\CCCCCCCCCC(=O)OC(COCCC(C(=O)O)[N+](C)(C)C)COC(C)=O.